The molecule has 0 spiro atoms. The lowest BCUT2D eigenvalue weighted by Gasteiger charge is -2.21. The molecule has 0 fully saturated rings. The highest BCUT2D eigenvalue weighted by Gasteiger charge is 2.26. The van der Waals surface area contributed by atoms with Crippen LogP contribution < -0.4 is 20.3 Å². The third kappa shape index (κ3) is 5.15. The third-order valence-electron chi connectivity index (χ3n) is 6.87. The van der Waals surface area contributed by atoms with Crippen LogP contribution in [0.2, 0.25) is 5.02 Å². The summed E-state index contributed by atoms with van der Waals surface area (Å²) in [5.74, 6) is 1.15. The van der Waals surface area contributed by atoms with Crippen LogP contribution in [0.3, 0.4) is 0 Å². The minimum absolute atomic E-state index is 0.107. The van der Waals surface area contributed by atoms with Crippen molar-refractivity contribution >= 4 is 40.0 Å². The second-order valence-electron chi connectivity index (χ2n) is 9.44. The lowest BCUT2D eigenvalue weighted by atomic mass is 9.92. The van der Waals surface area contributed by atoms with E-state index in [4.69, 9.17) is 21.1 Å². The van der Waals surface area contributed by atoms with Gasteiger partial charge in [-0.15, -0.1) is 0 Å². The van der Waals surface area contributed by atoms with E-state index in [-0.39, 0.29) is 17.2 Å². The Morgan fingerprint density at radius 1 is 0.951 bits per heavy atom. The fraction of sp³-hybridized carbons (Fsp3) is 0.129. The number of rotatable bonds is 6. The van der Waals surface area contributed by atoms with Crippen molar-refractivity contribution in [1.82, 2.24) is 14.5 Å². The minimum atomic E-state index is -0.672. The molecule has 0 saturated carbocycles. The summed E-state index contributed by atoms with van der Waals surface area (Å²) in [6.45, 7) is 0. The van der Waals surface area contributed by atoms with Gasteiger partial charge in [0.1, 0.15) is 28.6 Å². The number of nitrogens with one attached hydrogen (secondary N) is 1. The van der Waals surface area contributed by atoms with Gasteiger partial charge in [-0.3, -0.25) is 23.9 Å². The minimum Gasteiger partial charge on any atom is -0.497 e. The number of hydrogen-bond donors (Lipinski definition) is 1. The molecule has 0 aliphatic heterocycles. The molecule has 9 nitrogen and oxygen atoms in total. The summed E-state index contributed by atoms with van der Waals surface area (Å²) in [7, 11) is 1.59. The highest BCUT2D eigenvalue weighted by Crippen LogP contribution is 2.31. The van der Waals surface area contributed by atoms with E-state index in [9.17, 15) is 14.4 Å². The molecule has 3 aromatic heterocycles. The molecule has 0 saturated heterocycles. The quantitative estimate of drug-likeness (QED) is 0.268. The SMILES string of the molecule is COc1ccc2c(Oc3ccc(NC(=O)c4cc5c(n(-c6ccc(Cl)cc6)c4=O)CCCC5=O)nc3)ccnc2c1. The molecule has 0 unspecified atom stereocenters. The number of carbonyl (C=O) groups excluding carboxylic acids is 2. The zero-order valence-electron chi connectivity index (χ0n) is 21.9. The van der Waals surface area contributed by atoms with Crippen molar-refractivity contribution in [3.8, 4) is 22.9 Å². The Morgan fingerprint density at radius 2 is 1.76 bits per heavy atom. The van der Waals surface area contributed by atoms with Gasteiger partial charge >= 0.3 is 0 Å². The van der Waals surface area contributed by atoms with E-state index in [2.05, 4.69) is 15.3 Å². The molecular weight excluding hydrogens is 544 g/mol. The summed E-state index contributed by atoms with van der Waals surface area (Å²) in [5, 5.41) is 3.97. The summed E-state index contributed by atoms with van der Waals surface area (Å²) < 4.78 is 12.7. The Hall–Kier alpha value is -5.02. The summed E-state index contributed by atoms with van der Waals surface area (Å²) in [6, 6.07) is 18.5. The molecule has 0 bridgehead atoms. The monoisotopic (exact) mass is 566 g/mol. The van der Waals surface area contributed by atoms with E-state index in [1.165, 1.54) is 16.8 Å². The maximum atomic E-state index is 13.6. The Bertz CT molecular complexity index is 1870. The van der Waals surface area contributed by atoms with Crippen LogP contribution in [0.4, 0.5) is 5.82 Å². The number of amides is 1. The first-order valence-electron chi connectivity index (χ1n) is 12.9. The van der Waals surface area contributed by atoms with Crippen LogP contribution in [-0.2, 0) is 6.42 Å². The molecule has 5 aromatic rings. The van der Waals surface area contributed by atoms with Gasteiger partial charge in [0.2, 0.25) is 0 Å². The number of pyridine rings is 3. The third-order valence-corrected chi connectivity index (χ3v) is 7.12. The summed E-state index contributed by atoms with van der Waals surface area (Å²) >= 11 is 6.04. The van der Waals surface area contributed by atoms with Crippen molar-refractivity contribution in [2.45, 2.75) is 19.3 Å². The fourth-order valence-electron chi connectivity index (χ4n) is 4.86. The second kappa shape index (κ2) is 10.9. The molecule has 204 valence electrons. The molecule has 1 aliphatic rings. The largest absolute Gasteiger partial charge is 0.497 e. The van der Waals surface area contributed by atoms with Gasteiger partial charge in [-0.05, 0) is 73.5 Å². The number of ether oxygens (including phenoxy) is 2. The highest BCUT2D eigenvalue weighted by molar-refractivity contribution is 6.30. The van der Waals surface area contributed by atoms with Gasteiger partial charge in [0.25, 0.3) is 11.5 Å². The lowest BCUT2D eigenvalue weighted by Crippen LogP contribution is -2.33. The summed E-state index contributed by atoms with van der Waals surface area (Å²) in [5.41, 5.74) is 1.52. The average molecular weight is 567 g/mol. The molecule has 3 heterocycles. The average Bonchev–Trinajstić information content (AvgIpc) is 2.98. The van der Waals surface area contributed by atoms with Crippen molar-refractivity contribution in [3.05, 3.63) is 111 Å². The second-order valence-corrected chi connectivity index (χ2v) is 9.88. The van der Waals surface area contributed by atoms with Gasteiger partial charge in [-0.1, -0.05) is 11.6 Å². The molecular formula is C31H23ClN4O5. The van der Waals surface area contributed by atoms with Gasteiger partial charge < -0.3 is 14.8 Å². The molecule has 1 N–H and O–H groups in total. The number of halogens is 1. The van der Waals surface area contributed by atoms with Crippen LogP contribution in [0.5, 0.6) is 17.2 Å². The first-order chi connectivity index (χ1) is 19.9. The van der Waals surface area contributed by atoms with Crippen molar-refractivity contribution < 1.29 is 19.1 Å². The number of benzene rings is 2. The van der Waals surface area contributed by atoms with Gasteiger partial charge in [0.15, 0.2) is 5.78 Å². The number of Topliss-reactive ketones (excluding diaryl/α,β-unsaturated/α-hetero) is 1. The first kappa shape index (κ1) is 26.2. The topological polar surface area (TPSA) is 112 Å². The Kier molecular flexibility index (Phi) is 6.94. The lowest BCUT2D eigenvalue weighted by molar-refractivity contribution is 0.0971. The van der Waals surface area contributed by atoms with Crippen LogP contribution in [0.15, 0.2) is 83.9 Å². The number of methoxy groups -OCH3 is 1. The van der Waals surface area contributed by atoms with E-state index in [1.54, 1.807) is 55.8 Å². The smallest absolute Gasteiger partial charge is 0.268 e. The number of anilines is 1. The Balaban J connectivity index is 1.27. The number of ketones is 1. The normalized spacial score (nSPS) is 12.6. The van der Waals surface area contributed by atoms with Gasteiger partial charge in [0, 0.05) is 46.0 Å². The number of carbonyl (C=O) groups is 2. The molecule has 6 rings (SSSR count). The maximum Gasteiger partial charge on any atom is 0.268 e. The zero-order chi connectivity index (χ0) is 28.5. The Morgan fingerprint density at radius 3 is 2.51 bits per heavy atom. The highest BCUT2D eigenvalue weighted by atomic mass is 35.5. The number of aromatic nitrogens is 3. The number of nitrogens with zero attached hydrogens (tertiary/aromatic N) is 3. The van der Waals surface area contributed by atoms with Gasteiger partial charge in [0.05, 0.1) is 18.8 Å². The molecule has 0 atom stereocenters. The van der Waals surface area contributed by atoms with Crippen molar-refractivity contribution in [1.29, 1.82) is 0 Å². The standard InChI is InChI=1S/C31H23ClN4O5/c1-40-20-9-11-22-25(15-20)33-14-13-28(22)41-21-10-12-29(34-17-21)35-30(38)24-16-23-26(3-2-4-27(23)37)36(31(24)39)19-7-5-18(32)6-8-19/h5-17H,2-4H2,1H3,(H,34,35,38). The first-order valence-corrected chi connectivity index (χ1v) is 13.2. The molecule has 10 heteroatoms. The van der Waals surface area contributed by atoms with E-state index in [0.29, 0.717) is 64.0 Å². The van der Waals surface area contributed by atoms with E-state index in [0.717, 1.165) is 5.39 Å². The number of hydrogen-bond acceptors (Lipinski definition) is 7. The summed E-state index contributed by atoms with van der Waals surface area (Å²) in [6.07, 6.45) is 4.64. The van der Waals surface area contributed by atoms with Crippen molar-refractivity contribution in [2.24, 2.45) is 0 Å². The predicted octanol–water partition coefficient (Wildman–Crippen LogP) is 6.01. The molecule has 41 heavy (non-hydrogen) atoms. The molecule has 1 amide bonds. The van der Waals surface area contributed by atoms with Crippen LogP contribution in [0, 0.1) is 0 Å². The maximum absolute atomic E-state index is 13.6. The van der Waals surface area contributed by atoms with Gasteiger partial charge in [-0.2, -0.15) is 0 Å². The van der Waals surface area contributed by atoms with Crippen molar-refractivity contribution in [3.63, 3.8) is 0 Å². The summed E-state index contributed by atoms with van der Waals surface area (Å²) in [4.78, 5) is 48.3. The molecule has 2 aromatic carbocycles. The van der Waals surface area contributed by atoms with Crippen LogP contribution in [-0.4, -0.2) is 33.3 Å². The van der Waals surface area contributed by atoms with Crippen LogP contribution in [0.1, 0.15) is 39.3 Å². The number of fused-ring (bicyclic) bond motifs is 2. The van der Waals surface area contributed by atoms with Crippen LogP contribution in [0.25, 0.3) is 16.6 Å². The van der Waals surface area contributed by atoms with E-state index >= 15 is 0 Å². The Labute approximate surface area is 239 Å². The van der Waals surface area contributed by atoms with E-state index < -0.39 is 11.5 Å². The predicted molar refractivity (Wildman–Crippen MR) is 155 cm³/mol. The zero-order valence-corrected chi connectivity index (χ0v) is 22.6. The van der Waals surface area contributed by atoms with Gasteiger partial charge in [-0.25, -0.2) is 4.98 Å². The molecule has 1 aliphatic carbocycles. The van der Waals surface area contributed by atoms with Crippen LogP contribution >= 0.6 is 11.6 Å². The van der Waals surface area contributed by atoms with Crippen molar-refractivity contribution in [2.75, 3.05) is 12.4 Å². The molecule has 0 radical (unpaired) electrons. The van der Waals surface area contributed by atoms with E-state index in [1.807, 2.05) is 18.2 Å². The fourth-order valence-corrected chi connectivity index (χ4v) is 4.99.